The Balaban J connectivity index is 1.86. The summed E-state index contributed by atoms with van der Waals surface area (Å²) < 4.78 is 5.34. The van der Waals surface area contributed by atoms with E-state index in [4.69, 9.17) is 4.74 Å². The van der Waals surface area contributed by atoms with Crippen LogP contribution in [0.4, 0.5) is 0 Å². The predicted octanol–water partition coefficient (Wildman–Crippen LogP) is 0.0336. The van der Waals surface area contributed by atoms with Gasteiger partial charge in [0.05, 0.1) is 5.54 Å². The summed E-state index contributed by atoms with van der Waals surface area (Å²) in [5.74, 6) is 0.0636. The average molecular weight is 198 g/mol. The Morgan fingerprint density at radius 2 is 2.50 bits per heavy atom. The van der Waals surface area contributed by atoms with Crippen LogP contribution in [-0.4, -0.2) is 37.2 Å². The summed E-state index contributed by atoms with van der Waals surface area (Å²) in [6.07, 6.45) is 2.68. The van der Waals surface area contributed by atoms with Gasteiger partial charge in [0.25, 0.3) is 0 Å². The smallest absolute Gasteiger partial charge is 0.249 e. The van der Waals surface area contributed by atoms with Gasteiger partial charge in [-0.25, -0.2) is 0 Å². The largest absolute Gasteiger partial charge is 0.368 e. The lowest BCUT2D eigenvalue weighted by Gasteiger charge is -2.26. The van der Waals surface area contributed by atoms with Crippen LogP contribution in [0.25, 0.3) is 0 Å². The molecule has 0 aromatic rings. The molecule has 2 rings (SSSR count). The van der Waals surface area contributed by atoms with Gasteiger partial charge < -0.3 is 15.4 Å². The van der Waals surface area contributed by atoms with Crippen LogP contribution < -0.4 is 10.6 Å². The van der Waals surface area contributed by atoms with E-state index in [-0.39, 0.29) is 17.6 Å². The lowest BCUT2D eigenvalue weighted by molar-refractivity contribution is -0.131. The quantitative estimate of drug-likeness (QED) is 0.658. The Labute approximate surface area is 84.4 Å². The molecule has 2 fully saturated rings. The van der Waals surface area contributed by atoms with Gasteiger partial charge in [-0.15, -0.1) is 0 Å². The predicted molar refractivity (Wildman–Crippen MR) is 53.0 cm³/mol. The van der Waals surface area contributed by atoms with Crippen LogP contribution in [0.5, 0.6) is 0 Å². The molecule has 0 aromatic carbocycles. The molecule has 2 aliphatic heterocycles. The van der Waals surface area contributed by atoms with Crippen molar-refractivity contribution in [1.29, 1.82) is 0 Å². The summed E-state index contributed by atoms with van der Waals surface area (Å²) in [6, 6.07) is 0. The van der Waals surface area contributed by atoms with Gasteiger partial charge in [-0.05, 0) is 32.7 Å². The van der Waals surface area contributed by atoms with Crippen molar-refractivity contribution in [3.05, 3.63) is 0 Å². The highest BCUT2D eigenvalue weighted by atomic mass is 16.5. The van der Waals surface area contributed by atoms with Crippen molar-refractivity contribution < 1.29 is 9.53 Å². The first kappa shape index (κ1) is 9.93. The number of ether oxygens (including phenoxy) is 1. The Kier molecular flexibility index (Phi) is 2.74. The zero-order chi connectivity index (χ0) is 10.0. The van der Waals surface area contributed by atoms with E-state index in [0.29, 0.717) is 0 Å². The highest BCUT2D eigenvalue weighted by molar-refractivity contribution is 5.81. The molecule has 2 atom stereocenters. The maximum absolute atomic E-state index is 11.7. The van der Waals surface area contributed by atoms with Crippen molar-refractivity contribution in [3.63, 3.8) is 0 Å². The Morgan fingerprint density at radius 1 is 1.64 bits per heavy atom. The van der Waals surface area contributed by atoms with Crippen LogP contribution in [0.1, 0.15) is 26.2 Å². The van der Waals surface area contributed by atoms with Gasteiger partial charge in [-0.2, -0.15) is 0 Å². The zero-order valence-electron chi connectivity index (χ0n) is 8.64. The van der Waals surface area contributed by atoms with Gasteiger partial charge in [0.1, 0.15) is 6.10 Å². The lowest BCUT2D eigenvalue weighted by atomic mass is 10.0. The van der Waals surface area contributed by atoms with Gasteiger partial charge in [0.15, 0.2) is 0 Å². The van der Waals surface area contributed by atoms with Gasteiger partial charge >= 0.3 is 0 Å². The molecule has 1 amide bonds. The molecule has 0 radical (unpaired) electrons. The van der Waals surface area contributed by atoms with Crippen LogP contribution in [-0.2, 0) is 9.53 Å². The van der Waals surface area contributed by atoms with E-state index < -0.39 is 0 Å². The molecule has 80 valence electrons. The summed E-state index contributed by atoms with van der Waals surface area (Å²) >= 11 is 0. The topological polar surface area (TPSA) is 50.4 Å². The van der Waals surface area contributed by atoms with Crippen molar-refractivity contribution in [1.82, 2.24) is 10.6 Å². The molecular weight excluding hydrogens is 180 g/mol. The van der Waals surface area contributed by atoms with Gasteiger partial charge in [-0.3, -0.25) is 4.79 Å². The van der Waals surface area contributed by atoms with Crippen molar-refractivity contribution in [2.75, 3.05) is 19.7 Å². The number of rotatable bonds is 2. The van der Waals surface area contributed by atoms with Crippen LogP contribution in [0.15, 0.2) is 0 Å². The second-order valence-corrected chi connectivity index (χ2v) is 4.48. The summed E-state index contributed by atoms with van der Waals surface area (Å²) in [6.45, 7) is 4.67. The minimum Gasteiger partial charge on any atom is -0.368 e. The molecule has 14 heavy (non-hydrogen) atoms. The second kappa shape index (κ2) is 3.87. The van der Waals surface area contributed by atoms with Crippen molar-refractivity contribution >= 4 is 5.91 Å². The Bertz CT molecular complexity index is 218. The normalized spacial score (nSPS) is 37.4. The van der Waals surface area contributed by atoms with Crippen LogP contribution in [0.3, 0.4) is 0 Å². The average Bonchev–Trinajstić information content (AvgIpc) is 2.74. The van der Waals surface area contributed by atoms with E-state index >= 15 is 0 Å². The minimum atomic E-state index is -0.201. The molecule has 0 saturated carbocycles. The fourth-order valence-electron chi connectivity index (χ4n) is 2.09. The molecule has 2 saturated heterocycles. The van der Waals surface area contributed by atoms with Gasteiger partial charge in [0.2, 0.25) is 5.91 Å². The number of amides is 1. The molecule has 4 heteroatoms. The first-order chi connectivity index (χ1) is 6.70. The molecule has 2 N–H and O–H groups in total. The number of hydrogen-bond donors (Lipinski definition) is 2. The number of carbonyl (C=O) groups excluding carboxylic acids is 1. The third-order valence-electron chi connectivity index (χ3n) is 3.02. The number of carbonyl (C=O) groups is 1. The molecule has 4 nitrogen and oxygen atoms in total. The maximum atomic E-state index is 11.7. The van der Waals surface area contributed by atoms with E-state index in [1.165, 1.54) is 0 Å². The molecule has 2 aliphatic rings. The summed E-state index contributed by atoms with van der Waals surface area (Å²) in [5, 5.41) is 6.32. The summed E-state index contributed by atoms with van der Waals surface area (Å²) in [7, 11) is 0. The zero-order valence-corrected chi connectivity index (χ0v) is 8.64. The van der Waals surface area contributed by atoms with Crippen molar-refractivity contribution in [2.24, 2.45) is 0 Å². The fraction of sp³-hybridized carbons (Fsp3) is 0.900. The van der Waals surface area contributed by atoms with E-state index in [2.05, 4.69) is 17.6 Å². The number of hydrogen-bond acceptors (Lipinski definition) is 3. The van der Waals surface area contributed by atoms with Crippen LogP contribution in [0.2, 0.25) is 0 Å². The standard InChI is InChI=1S/C10H18N2O2/c1-10(4-5-11-7-10)12-9(13)8-3-2-6-14-8/h8,11H,2-7H2,1H3,(H,12,13)/t8-,10?/m1/s1. The molecular formula is C10H18N2O2. The molecule has 0 bridgehead atoms. The maximum Gasteiger partial charge on any atom is 0.249 e. The number of nitrogens with one attached hydrogen (secondary N) is 2. The van der Waals surface area contributed by atoms with Gasteiger partial charge in [-0.1, -0.05) is 0 Å². The third-order valence-corrected chi connectivity index (χ3v) is 3.02. The van der Waals surface area contributed by atoms with Gasteiger partial charge in [0, 0.05) is 13.2 Å². The first-order valence-corrected chi connectivity index (χ1v) is 5.34. The van der Waals surface area contributed by atoms with E-state index in [9.17, 15) is 4.79 Å². The molecule has 1 unspecified atom stereocenters. The Hall–Kier alpha value is -0.610. The highest BCUT2D eigenvalue weighted by Crippen LogP contribution is 2.17. The molecule has 0 spiro atoms. The Morgan fingerprint density at radius 3 is 3.07 bits per heavy atom. The van der Waals surface area contributed by atoms with Crippen molar-refractivity contribution in [2.45, 2.75) is 37.8 Å². The van der Waals surface area contributed by atoms with Crippen LogP contribution in [0, 0.1) is 0 Å². The first-order valence-electron chi connectivity index (χ1n) is 5.34. The lowest BCUT2D eigenvalue weighted by Crippen LogP contribution is -2.50. The van der Waals surface area contributed by atoms with E-state index in [1.807, 2.05) is 0 Å². The molecule has 2 heterocycles. The third kappa shape index (κ3) is 2.07. The van der Waals surface area contributed by atoms with E-state index in [1.54, 1.807) is 0 Å². The fourth-order valence-corrected chi connectivity index (χ4v) is 2.09. The van der Waals surface area contributed by atoms with Crippen molar-refractivity contribution in [3.8, 4) is 0 Å². The highest BCUT2D eigenvalue weighted by Gasteiger charge is 2.33. The second-order valence-electron chi connectivity index (χ2n) is 4.48. The summed E-state index contributed by atoms with van der Waals surface area (Å²) in [4.78, 5) is 11.7. The monoisotopic (exact) mass is 198 g/mol. The minimum absolute atomic E-state index is 0.0636. The van der Waals surface area contributed by atoms with E-state index in [0.717, 1.165) is 39.0 Å². The SMILES string of the molecule is CC1(NC(=O)[C@H]2CCCO2)CCNC1. The summed E-state index contributed by atoms with van der Waals surface area (Å²) in [5.41, 5.74) is -0.0664. The molecule has 0 aliphatic carbocycles. The molecule has 0 aromatic heterocycles. The van der Waals surface area contributed by atoms with Crippen LogP contribution >= 0.6 is 0 Å².